The number of hydrogen-bond acceptors (Lipinski definition) is 6. The molecule has 2 aromatic rings. The number of hydrogen-bond donors (Lipinski definition) is 0. The summed E-state index contributed by atoms with van der Waals surface area (Å²) >= 11 is 0. The lowest BCUT2D eigenvalue weighted by atomic mass is 9.85. The zero-order valence-electron chi connectivity index (χ0n) is 16.8. The number of ether oxygens (including phenoxy) is 1. The van der Waals surface area contributed by atoms with Crippen molar-refractivity contribution in [2.45, 2.75) is 19.0 Å². The second-order valence-corrected chi connectivity index (χ2v) is 7.74. The van der Waals surface area contributed by atoms with Gasteiger partial charge in [0.05, 0.1) is 41.8 Å². The molecule has 2 amide bonds. The third kappa shape index (κ3) is 2.68. The van der Waals surface area contributed by atoms with Crippen LogP contribution in [0.1, 0.15) is 34.5 Å². The molecule has 0 aliphatic carbocycles. The van der Waals surface area contributed by atoms with Gasteiger partial charge in [-0.3, -0.25) is 9.59 Å². The molecular formula is C24H19N3O4. The van der Waals surface area contributed by atoms with Gasteiger partial charge in [0.2, 0.25) is 11.8 Å². The highest BCUT2D eigenvalue weighted by molar-refractivity contribution is 6.23. The first-order valence-corrected chi connectivity index (χ1v) is 10.2. The smallest absolute Gasteiger partial charge is 0.338 e. The Morgan fingerprint density at radius 3 is 2.48 bits per heavy atom. The van der Waals surface area contributed by atoms with Crippen molar-refractivity contribution in [1.29, 1.82) is 5.26 Å². The SMILES string of the molecule is CCOC(=O)c1ccc(N2C(=O)[C@@H]3[C@H](C2=O)C2c4ccccc4C=CN2[C@@H]3C#N)cc1. The first-order chi connectivity index (χ1) is 15.1. The average molecular weight is 413 g/mol. The summed E-state index contributed by atoms with van der Waals surface area (Å²) in [4.78, 5) is 41.8. The number of imide groups is 1. The number of benzene rings is 2. The molecule has 4 atom stereocenters. The molecule has 3 aliphatic heterocycles. The number of nitriles is 1. The van der Waals surface area contributed by atoms with Gasteiger partial charge in [0.25, 0.3) is 0 Å². The van der Waals surface area contributed by atoms with Crippen LogP contribution in [0.25, 0.3) is 6.08 Å². The Labute approximate surface area is 179 Å². The number of fused-ring (bicyclic) bond motifs is 5. The van der Waals surface area contributed by atoms with E-state index >= 15 is 0 Å². The third-order valence-electron chi connectivity index (χ3n) is 6.23. The van der Waals surface area contributed by atoms with Crippen molar-refractivity contribution in [1.82, 2.24) is 4.90 Å². The van der Waals surface area contributed by atoms with E-state index in [1.165, 1.54) is 12.1 Å². The van der Waals surface area contributed by atoms with Crippen molar-refractivity contribution in [2.24, 2.45) is 11.8 Å². The number of esters is 1. The van der Waals surface area contributed by atoms with Gasteiger partial charge in [-0.1, -0.05) is 24.3 Å². The van der Waals surface area contributed by atoms with E-state index in [1.807, 2.05) is 41.4 Å². The van der Waals surface area contributed by atoms with Crippen LogP contribution in [0.2, 0.25) is 0 Å². The van der Waals surface area contributed by atoms with E-state index < -0.39 is 23.8 Å². The largest absolute Gasteiger partial charge is 0.462 e. The molecule has 0 spiro atoms. The molecule has 3 heterocycles. The highest BCUT2D eigenvalue weighted by Crippen LogP contribution is 2.52. The van der Waals surface area contributed by atoms with Crippen LogP contribution < -0.4 is 4.90 Å². The molecule has 7 heteroatoms. The maximum Gasteiger partial charge on any atom is 0.338 e. The van der Waals surface area contributed by atoms with Crippen molar-refractivity contribution in [3.05, 3.63) is 71.4 Å². The van der Waals surface area contributed by atoms with Gasteiger partial charge in [0.1, 0.15) is 6.04 Å². The summed E-state index contributed by atoms with van der Waals surface area (Å²) in [5.41, 5.74) is 2.66. The molecule has 2 fully saturated rings. The van der Waals surface area contributed by atoms with E-state index in [4.69, 9.17) is 4.74 Å². The molecule has 5 rings (SSSR count). The second kappa shape index (κ2) is 7.10. The Kier molecular flexibility index (Phi) is 4.36. The van der Waals surface area contributed by atoms with Gasteiger partial charge in [-0.15, -0.1) is 0 Å². The number of carbonyl (C=O) groups excluding carboxylic acids is 3. The van der Waals surface area contributed by atoms with Gasteiger partial charge in [-0.25, -0.2) is 9.69 Å². The quantitative estimate of drug-likeness (QED) is 0.568. The predicted octanol–water partition coefficient (Wildman–Crippen LogP) is 2.90. The van der Waals surface area contributed by atoms with Crippen molar-refractivity contribution in [2.75, 3.05) is 11.5 Å². The van der Waals surface area contributed by atoms with E-state index in [0.29, 0.717) is 11.3 Å². The summed E-state index contributed by atoms with van der Waals surface area (Å²) in [6.07, 6.45) is 3.73. The molecule has 2 aromatic carbocycles. The van der Waals surface area contributed by atoms with Gasteiger partial charge in [-0.2, -0.15) is 5.26 Å². The molecule has 7 nitrogen and oxygen atoms in total. The Morgan fingerprint density at radius 1 is 1.06 bits per heavy atom. The molecule has 3 aliphatic rings. The minimum atomic E-state index is -0.747. The zero-order valence-corrected chi connectivity index (χ0v) is 16.8. The van der Waals surface area contributed by atoms with Crippen LogP contribution >= 0.6 is 0 Å². The Balaban J connectivity index is 1.52. The van der Waals surface area contributed by atoms with Crippen LogP contribution in [0.4, 0.5) is 5.69 Å². The molecule has 31 heavy (non-hydrogen) atoms. The zero-order chi connectivity index (χ0) is 21.7. The number of anilines is 1. The summed E-state index contributed by atoms with van der Waals surface area (Å²) in [5, 5.41) is 9.85. The number of nitrogens with zero attached hydrogens (tertiary/aromatic N) is 3. The van der Waals surface area contributed by atoms with E-state index in [1.54, 1.807) is 19.1 Å². The average Bonchev–Trinajstić information content (AvgIpc) is 3.26. The fourth-order valence-corrected chi connectivity index (χ4v) is 4.92. The summed E-state index contributed by atoms with van der Waals surface area (Å²) in [6, 6.07) is 15.1. The van der Waals surface area contributed by atoms with Crippen LogP contribution in [-0.2, 0) is 14.3 Å². The van der Waals surface area contributed by atoms with Crippen LogP contribution in [0, 0.1) is 23.2 Å². The van der Waals surface area contributed by atoms with E-state index in [9.17, 15) is 19.6 Å². The van der Waals surface area contributed by atoms with Crippen LogP contribution in [0.15, 0.2) is 54.7 Å². The van der Waals surface area contributed by atoms with E-state index in [0.717, 1.165) is 16.0 Å². The Bertz CT molecular complexity index is 1160. The molecular weight excluding hydrogens is 394 g/mol. The lowest BCUT2D eigenvalue weighted by Gasteiger charge is -2.33. The Morgan fingerprint density at radius 2 is 1.77 bits per heavy atom. The number of carbonyl (C=O) groups is 3. The van der Waals surface area contributed by atoms with Gasteiger partial charge < -0.3 is 9.64 Å². The normalized spacial score (nSPS) is 25.7. The van der Waals surface area contributed by atoms with Crippen molar-refractivity contribution in [3.8, 4) is 6.07 Å². The summed E-state index contributed by atoms with van der Waals surface area (Å²) in [7, 11) is 0. The van der Waals surface area contributed by atoms with Gasteiger partial charge in [-0.05, 0) is 48.4 Å². The molecule has 1 unspecified atom stereocenters. The molecule has 154 valence electrons. The lowest BCUT2D eigenvalue weighted by molar-refractivity contribution is -0.123. The highest BCUT2D eigenvalue weighted by Gasteiger charge is 2.63. The summed E-state index contributed by atoms with van der Waals surface area (Å²) in [6.45, 7) is 1.98. The first kappa shape index (κ1) is 19.1. The molecule has 2 saturated heterocycles. The predicted molar refractivity (Wildman–Crippen MR) is 111 cm³/mol. The number of amides is 2. The van der Waals surface area contributed by atoms with Crippen molar-refractivity contribution in [3.63, 3.8) is 0 Å². The topological polar surface area (TPSA) is 90.7 Å². The maximum absolute atomic E-state index is 13.5. The first-order valence-electron chi connectivity index (χ1n) is 10.2. The standard InChI is InChI=1S/C24H19N3O4/c1-2-31-24(30)15-7-9-16(10-8-15)27-22(28)19-18(13-25)26-12-11-14-5-3-4-6-17(14)21(26)20(19)23(27)29/h3-12,18-21H,2H2,1H3/t18-,19+,20+,21?/m1/s1. The van der Waals surface area contributed by atoms with E-state index in [2.05, 4.69) is 6.07 Å². The highest BCUT2D eigenvalue weighted by atomic mass is 16.5. The Hall–Kier alpha value is -3.92. The molecule has 0 aromatic heterocycles. The minimum absolute atomic E-state index is 0.260. The van der Waals surface area contributed by atoms with Crippen LogP contribution in [0.5, 0.6) is 0 Å². The fourth-order valence-electron chi connectivity index (χ4n) is 4.92. The molecule has 0 N–H and O–H groups in total. The fraction of sp³-hybridized carbons (Fsp3) is 0.250. The van der Waals surface area contributed by atoms with Gasteiger partial charge >= 0.3 is 5.97 Å². The van der Waals surface area contributed by atoms with Crippen LogP contribution in [-0.4, -0.2) is 35.3 Å². The third-order valence-corrected chi connectivity index (χ3v) is 6.23. The van der Waals surface area contributed by atoms with Crippen LogP contribution in [0.3, 0.4) is 0 Å². The van der Waals surface area contributed by atoms with E-state index in [-0.39, 0.29) is 24.5 Å². The summed E-state index contributed by atoms with van der Waals surface area (Å²) in [5.74, 6) is -2.56. The lowest BCUT2D eigenvalue weighted by Crippen LogP contribution is -2.40. The number of rotatable bonds is 3. The van der Waals surface area contributed by atoms with Gasteiger partial charge in [0.15, 0.2) is 0 Å². The second-order valence-electron chi connectivity index (χ2n) is 7.74. The molecule has 0 saturated carbocycles. The van der Waals surface area contributed by atoms with Gasteiger partial charge in [0, 0.05) is 6.20 Å². The summed E-state index contributed by atoms with van der Waals surface area (Å²) < 4.78 is 4.98. The van der Waals surface area contributed by atoms with Crippen molar-refractivity contribution < 1.29 is 19.1 Å². The molecule has 0 bridgehead atoms. The monoisotopic (exact) mass is 413 g/mol. The minimum Gasteiger partial charge on any atom is -0.462 e. The maximum atomic E-state index is 13.5. The van der Waals surface area contributed by atoms with Crippen molar-refractivity contribution >= 4 is 29.5 Å². The molecule has 0 radical (unpaired) electrons.